The Labute approximate surface area is 169 Å². The van der Waals surface area contributed by atoms with E-state index < -0.39 is 21.8 Å². The third kappa shape index (κ3) is 5.12. The molecule has 0 bridgehead atoms. The summed E-state index contributed by atoms with van der Waals surface area (Å²) in [7, 11) is -3.57. The standard InChI is InChI=1S/C20H23FN2O3S2/c1-27-19-7-3-2-6-18(19)22-20(24)16-5-4-12-23(13-16)28(25,26)14-15-8-10-17(21)11-9-15/h2-3,6-11,16H,4-5,12-14H2,1H3,(H,22,24)/t16-/m0/s1. The van der Waals surface area contributed by atoms with Gasteiger partial charge >= 0.3 is 0 Å². The largest absolute Gasteiger partial charge is 0.325 e. The third-order valence-electron chi connectivity index (χ3n) is 4.78. The predicted octanol–water partition coefficient (Wildman–Crippen LogP) is 3.73. The summed E-state index contributed by atoms with van der Waals surface area (Å²) in [6.07, 6.45) is 3.22. The Balaban J connectivity index is 1.67. The second kappa shape index (κ2) is 9.07. The number of carbonyl (C=O) groups excluding carboxylic acids is 1. The van der Waals surface area contributed by atoms with Crippen LogP contribution in [0.25, 0.3) is 0 Å². The van der Waals surface area contributed by atoms with E-state index >= 15 is 0 Å². The van der Waals surface area contributed by atoms with Crippen molar-refractivity contribution in [2.24, 2.45) is 5.92 Å². The quantitative estimate of drug-likeness (QED) is 0.721. The van der Waals surface area contributed by atoms with Crippen LogP contribution in [0.3, 0.4) is 0 Å². The van der Waals surface area contributed by atoms with E-state index in [1.54, 1.807) is 11.8 Å². The zero-order valence-corrected chi connectivity index (χ0v) is 17.2. The lowest BCUT2D eigenvalue weighted by Gasteiger charge is -2.31. The van der Waals surface area contributed by atoms with E-state index in [0.717, 1.165) is 10.6 Å². The van der Waals surface area contributed by atoms with Crippen molar-refractivity contribution in [3.05, 3.63) is 59.9 Å². The van der Waals surface area contributed by atoms with Gasteiger partial charge in [-0.1, -0.05) is 24.3 Å². The maximum Gasteiger partial charge on any atom is 0.228 e. The molecule has 0 radical (unpaired) electrons. The van der Waals surface area contributed by atoms with Crippen LogP contribution in [0.1, 0.15) is 18.4 Å². The number of sulfonamides is 1. The summed E-state index contributed by atoms with van der Waals surface area (Å²) in [5.74, 6) is -1.16. The number of para-hydroxylation sites is 1. The highest BCUT2D eigenvalue weighted by Gasteiger charge is 2.32. The van der Waals surface area contributed by atoms with Gasteiger partial charge in [0.2, 0.25) is 15.9 Å². The average molecular weight is 423 g/mol. The summed E-state index contributed by atoms with van der Waals surface area (Å²) in [5, 5.41) is 2.94. The molecule has 1 saturated heterocycles. The Kier molecular flexibility index (Phi) is 6.74. The second-order valence-electron chi connectivity index (χ2n) is 6.77. The van der Waals surface area contributed by atoms with Crippen LogP contribution < -0.4 is 5.32 Å². The minimum Gasteiger partial charge on any atom is -0.325 e. The van der Waals surface area contributed by atoms with Crippen molar-refractivity contribution in [2.45, 2.75) is 23.5 Å². The van der Waals surface area contributed by atoms with Crippen LogP contribution in [0.15, 0.2) is 53.4 Å². The molecule has 5 nitrogen and oxygen atoms in total. The molecule has 0 saturated carbocycles. The highest BCUT2D eigenvalue weighted by atomic mass is 32.2. The van der Waals surface area contributed by atoms with Crippen LogP contribution >= 0.6 is 11.8 Å². The zero-order chi connectivity index (χ0) is 20.1. The van der Waals surface area contributed by atoms with Gasteiger partial charge in [-0.25, -0.2) is 17.1 Å². The van der Waals surface area contributed by atoms with E-state index in [2.05, 4.69) is 5.32 Å². The Morgan fingerprint density at radius 3 is 2.64 bits per heavy atom. The maximum atomic E-state index is 13.0. The SMILES string of the molecule is CSc1ccccc1NC(=O)[C@H]1CCCN(S(=O)(=O)Cc2ccc(F)cc2)C1. The lowest BCUT2D eigenvalue weighted by atomic mass is 9.99. The highest BCUT2D eigenvalue weighted by molar-refractivity contribution is 7.98. The molecule has 1 amide bonds. The number of hydrogen-bond acceptors (Lipinski definition) is 4. The third-order valence-corrected chi connectivity index (χ3v) is 7.39. The topological polar surface area (TPSA) is 66.5 Å². The molecule has 2 aromatic rings. The molecule has 1 fully saturated rings. The van der Waals surface area contributed by atoms with Crippen molar-refractivity contribution in [1.82, 2.24) is 4.31 Å². The first-order valence-electron chi connectivity index (χ1n) is 9.05. The van der Waals surface area contributed by atoms with Crippen LogP contribution in [-0.4, -0.2) is 38.0 Å². The van der Waals surface area contributed by atoms with Gasteiger partial charge in [-0.2, -0.15) is 0 Å². The molecule has 0 spiro atoms. The number of carbonyl (C=O) groups is 1. The summed E-state index contributed by atoms with van der Waals surface area (Å²) in [4.78, 5) is 13.7. The molecule has 8 heteroatoms. The Hall–Kier alpha value is -1.90. The molecule has 0 aromatic heterocycles. The van der Waals surface area contributed by atoms with Crippen LogP contribution in [0, 0.1) is 11.7 Å². The number of hydrogen-bond donors (Lipinski definition) is 1. The minimum absolute atomic E-state index is 0.163. The number of nitrogens with one attached hydrogen (secondary N) is 1. The first kappa shape index (κ1) is 20.8. The van der Waals surface area contributed by atoms with E-state index in [4.69, 9.17) is 0 Å². The lowest BCUT2D eigenvalue weighted by Crippen LogP contribution is -2.44. The van der Waals surface area contributed by atoms with Crippen molar-refractivity contribution >= 4 is 33.4 Å². The van der Waals surface area contributed by atoms with Gasteiger partial charge in [-0.05, 0) is 48.9 Å². The molecule has 0 aliphatic carbocycles. The van der Waals surface area contributed by atoms with Gasteiger partial charge in [0, 0.05) is 18.0 Å². The summed E-state index contributed by atoms with van der Waals surface area (Å²) in [6.45, 7) is 0.561. The number of amides is 1. The summed E-state index contributed by atoms with van der Waals surface area (Å²) < 4.78 is 39.9. The van der Waals surface area contributed by atoms with E-state index in [9.17, 15) is 17.6 Å². The normalized spacial score (nSPS) is 18.0. The van der Waals surface area contributed by atoms with E-state index in [-0.39, 0.29) is 18.2 Å². The number of benzene rings is 2. The molecule has 28 heavy (non-hydrogen) atoms. The number of rotatable bonds is 6. The summed E-state index contributed by atoms with van der Waals surface area (Å²) in [5.41, 5.74) is 1.27. The van der Waals surface area contributed by atoms with Crippen molar-refractivity contribution in [2.75, 3.05) is 24.7 Å². The van der Waals surface area contributed by atoms with Gasteiger partial charge in [0.15, 0.2) is 0 Å². The molecule has 1 aliphatic heterocycles. The fourth-order valence-electron chi connectivity index (χ4n) is 3.27. The van der Waals surface area contributed by atoms with Gasteiger partial charge < -0.3 is 5.32 Å². The molecule has 1 aliphatic rings. The molecular weight excluding hydrogens is 399 g/mol. The maximum absolute atomic E-state index is 13.0. The Morgan fingerprint density at radius 2 is 1.93 bits per heavy atom. The number of thioether (sulfide) groups is 1. The van der Waals surface area contributed by atoms with Gasteiger partial charge in [-0.3, -0.25) is 4.79 Å². The monoisotopic (exact) mass is 422 g/mol. The average Bonchev–Trinajstić information content (AvgIpc) is 2.70. The number of halogens is 1. The zero-order valence-electron chi connectivity index (χ0n) is 15.6. The lowest BCUT2D eigenvalue weighted by molar-refractivity contribution is -0.120. The number of anilines is 1. The molecule has 3 rings (SSSR count). The van der Waals surface area contributed by atoms with Gasteiger partial charge in [0.25, 0.3) is 0 Å². The van der Waals surface area contributed by atoms with Gasteiger partial charge in [0.1, 0.15) is 5.82 Å². The Morgan fingerprint density at radius 1 is 1.21 bits per heavy atom. The predicted molar refractivity (Wildman–Crippen MR) is 110 cm³/mol. The fraction of sp³-hybridized carbons (Fsp3) is 0.350. The smallest absolute Gasteiger partial charge is 0.228 e. The molecule has 1 atom stereocenters. The molecule has 1 N–H and O–H groups in total. The molecule has 0 unspecified atom stereocenters. The van der Waals surface area contributed by atoms with Crippen molar-refractivity contribution in [1.29, 1.82) is 0 Å². The Bertz CT molecular complexity index is 933. The van der Waals surface area contributed by atoms with Crippen LogP contribution in [-0.2, 0) is 20.6 Å². The van der Waals surface area contributed by atoms with Crippen LogP contribution in [0.5, 0.6) is 0 Å². The van der Waals surface area contributed by atoms with Crippen LogP contribution in [0.4, 0.5) is 10.1 Å². The molecule has 2 aromatic carbocycles. The van der Waals surface area contributed by atoms with Gasteiger partial charge in [-0.15, -0.1) is 11.8 Å². The first-order valence-corrected chi connectivity index (χ1v) is 11.9. The van der Waals surface area contributed by atoms with E-state index in [0.29, 0.717) is 24.9 Å². The molecule has 150 valence electrons. The number of piperidine rings is 1. The summed E-state index contributed by atoms with van der Waals surface area (Å²) >= 11 is 1.54. The van der Waals surface area contributed by atoms with E-state index in [1.165, 1.54) is 28.6 Å². The molecule has 1 heterocycles. The number of nitrogens with zero attached hydrogens (tertiary/aromatic N) is 1. The van der Waals surface area contributed by atoms with Crippen molar-refractivity contribution < 1.29 is 17.6 Å². The second-order valence-corrected chi connectivity index (χ2v) is 9.59. The van der Waals surface area contributed by atoms with Crippen LogP contribution in [0.2, 0.25) is 0 Å². The van der Waals surface area contributed by atoms with Crippen molar-refractivity contribution in [3.8, 4) is 0 Å². The minimum atomic E-state index is -3.57. The van der Waals surface area contributed by atoms with Gasteiger partial charge in [0.05, 0.1) is 17.4 Å². The fourth-order valence-corrected chi connectivity index (χ4v) is 5.44. The molecular formula is C20H23FN2O3S2. The highest BCUT2D eigenvalue weighted by Crippen LogP contribution is 2.27. The first-order chi connectivity index (χ1) is 13.4. The summed E-state index contributed by atoms with van der Waals surface area (Å²) in [6, 6.07) is 13.0. The van der Waals surface area contributed by atoms with E-state index in [1.807, 2.05) is 30.5 Å². The van der Waals surface area contributed by atoms with Crippen molar-refractivity contribution in [3.63, 3.8) is 0 Å².